The van der Waals surface area contributed by atoms with E-state index < -0.39 is 5.60 Å². The summed E-state index contributed by atoms with van der Waals surface area (Å²) in [5, 5.41) is 0.852. The Morgan fingerprint density at radius 2 is 1.87 bits per heavy atom. The zero-order chi connectivity index (χ0) is 21.6. The van der Waals surface area contributed by atoms with E-state index in [9.17, 15) is 4.79 Å². The minimum atomic E-state index is -0.502. The molecule has 30 heavy (non-hydrogen) atoms. The third kappa shape index (κ3) is 4.17. The molecule has 7 unspecified atom stereocenters. The van der Waals surface area contributed by atoms with Crippen molar-refractivity contribution >= 4 is 23.4 Å². The smallest absolute Gasteiger partial charge is 0.308 e. The largest absolute Gasteiger partial charge is 0.460 e. The van der Waals surface area contributed by atoms with Crippen LogP contribution in [0.3, 0.4) is 0 Å². The van der Waals surface area contributed by atoms with Gasteiger partial charge in [0, 0.05) is 16.9 Å². The van der Waals surface area contributed by atoms with Gasteiger partial charge in [-0.1, -0.05) is 44.2 Å². The summed E-state index contributed by atoms with van der Waals surface area (Å²) in [5.41, 5.74) is 8.59. The van der Waals surface area contributed by atoms with Crippen molar-refractivity contribution in [2.24, 2.45) is 16.8 Å². The molecule has 0 radical (unpaired) electrons. The van der Waals surface area contributed by atoms with E-state index in [0.29, 0.717) is 22.5 Å². The molecule has 3 aliphatic rings. The Balaban J connectivity index is 1.76. The van der Waals surface area contributed by atoms with Gasteiger partial charge in [-0.05, 0) is 39.2 Å². The number of hydrogen-bond donors (Lipinski definition) is 2. The number of nitrogens with zero attached hydrogens (tertiary/aromatic N) is 2. The predicted octanol–water partition coefficient (Wildman–Crippen LogP) is 3.39. The van der Waals surface area contributed by atoms with E-state index in [1.165, 1.54) is 0 Å². The van der Waals surface area contributed by atoms with Crippen LogP contribution in [0.15, 0.2) is 35.3 Å². The van der Waals surface area contributed by atoms with E-state index in [2.05, 4.69) is 60.8 Å². The molecule has 2 fully saturated rings. The minimum Gasteiger partial charge on any atom is -0.460 e. The summed E-state index contributed by atoms with van der Waals surface area (Å²) in [6.07, 6.45) is 0.370. The fourth-order valence-corrected chi connectivity index (χ4v) is 6.67. The Morgan fingerprint density at radius 1 is 1.17 bits per heavy atom. The molecule has 7 heteroatoms. The highest BCUT2D eigenvalue weighted by atomic mass is 32.2. The quantitative estimate of drug-likeness (QED) is 0.717. The van der Waals surface area contributed by atoms with Crippen LogP contribution >= 0.6 is 11.8 Å². The topological polar surface area (TPSA) is 66.0 Å². The molecule has 0 spiro atoms. The van der Waals surface area contributed by atoms with Gasteiger partial charge in [0.15, 0.2) is 0 Å². The first-order valence-corrected chi connectivity index (χ1v) is 11.9. The van der Waals surface area contributed by atoms with E-state index in [1.54, 1.807) is 0 Å². The normalized spacial score (nSPS) is 36.6. The zero-order valence-electron chi connectivity index (χ0n) is 18.8. The number of thioether (sulfide) groups is 1. The number of fused-ring (bicyclic) bond motifs is 3. The standard InChI is InChI=1S/C23H34N4O2S/c1-13-14(2)30-22-19(13)20(16-10-8-7-9-11-16)24-17(12-18(28)29-23(4,5)6)21-26-25-15(3)27(21)22/h7-11,13-15,17,19,21-22,25-26H,12H2,1-6H3. The monoisotopic (exact) mass is 430 g/mol. The highest BCUT2D eigenvalue weighted by molar-refractivity contribution is 8.00. The lowest BCUT2D eigenvalue weighted by Gasteiger charge is -2.34. The molecule has 0 amide bonds. The van der Waals surface area contributed by atoms with Crippen LogP contribution < -0.4 is 10.9 Å². The van der Waals surface area contributed by atoms with Gasteiger partial charge in [-0.2, -0.15) is 0 Å². The van der Waals surface area contributed by atoms with E-state index in [1.807, 2.05) is 38.6 Å². The maximum absolute atomic E-state index is 12.8. The Morgan fingerprint density at radius 3 is 2.53 bits per heavy atom. The third-order valence-corrected chi connectivity index (χ3v) is 8.00. The van der Waals surface area contributed by atoms with Gasteiger partial charge >= 0.3 is 5.97 Å². The molecule has 0 aromatic heterocycles. The highest BCUT2D eigenvalue weighted by Crippen LogP contribution is 2.49. The molecule has 2 saturated heterocycles. The number of nitrogens with one attached hydrogen (secondary N) is 2. The number of aliphatic imine (C=N–C) groups is 1. The van der Waals surface area contributed by atoms with E-state index in [0.717, 1.165) is 11.3 Å². The summed E-state index contributed by atoms with van der Waals surface area (Å²) in [7, 11) is 0. The number of hydrazine groups is 1. The summed E-state index contributed by atoms with van der Waals surface area (Å²) in [5.74, 6) is 0.599. The molecule has 164 valence electrons. The van der Waals surface area contributed by atoms with Crippen molar-refractivity contribution in [3.8, 4) is 0 Å². The van der Waals surface area contributed by atoms with Crippen LogP contribution in [-0.4, -0.2) is 51.2 Å². The van der Waals surface area contributed by atoms with Gasteiger partial charge in [0.05, 0.1) is 30.2 Å². The number of hydrogen-bond acceptors (Lipinski definition) is 7. The summed E-state index contributed by atoms with van der Waals surface area (Å²) in [6, 6.07) is 10.2. The Labute approximate surface area is 184 Å². The molecular weight excluding hydrogens is 396 g/mol. The van der Waals surface area contributed by atoms with Crippen molar-refractivity contribution in [1.82, 2.24) is 15.8 Å². The van der Waals surface area contributed by atoms with Crippen LogP contribution in [0.5, 0.6) is 0 Å². The minimum absolute atomic E-state index is 0.0498. The molecular formula is C23H34N4O2S. The Kier molecular flexibility index (Phi) is 6.01. The van der Waals surface area contributed by atoms with Crippen LogP contribution in [0.25, 0.3) is 0 Å². The number of rotatable bonds is 3. The SMILES string of the molecule is CC1SC2C(C(c3ccccc3)=NC(CC(=O)OC(C)(C)C)C3NNC(C)N32)C1C. The molecule has 0 aliphatic carbocycles. The molecule has 1 aromatic rings. The number of benzene rings is 1. The molecule has 0 bridgehead atoms. The van der Waals surface area contributed by atoms with Crippen molar-refractivity contribution in [2.75, 3.05) is 0 Å². The van der Waals surface area contributed by atoms with Gasteiger partial charge in [-0.25, -0.2) is 10.9 Å². The number of carbonyl (C=O) groups is 1. The van der Waals surface area contributed by atoms with Gasteiger partial charge in [-0.15, -0.1) is 11.8 Å². The highest BCUT2D eigenvalue weighted by Gasteiger charge is 2.53. The average Bonchev–Trinajstić information content (AvgIpc) is 3.13. The van der Waals surface area contributed by atoms with Crippen molar-refractivity contribution < 1.29 is 9.53 Å². The average molecular weight is 431 g/mol. The van der Waals surface area contributed by atoms with E-state index >= 15 is 0 Å². The van der Waals surface area contributed by atoms with Crippen molar-refractivity contribution in [1.29, 1.82) is 0 Å². The molecule has 3 heterocycles. The molecule has 4 rings (SSSR count). The van der Waals surface area contributed by atoms with Gasteiger partial charge in [0.1, 0.15) is 5.60 Å². The Hall–Kier alpha value is -1.41. The Bertz CT molecular complexity index is 809. The number of esters is 1. The molecule has 6 nitrogen and oxygen atoms in total. The lowest BCUT2D eigenvalue weighted by atomic mass is 9.84. The zero-order valence-corrected chi connectivity index (χ0v) is 19.6. The molecule has 2 N–H and O–H groups in total. The second-order valence-corrected chi connectivity index (χ2v) is 11.2. The fourth-order valence-electron chi connectivity index (χ4n) is 4.81. The fraction of sp³-hybridized carbons (Fsp3) is 0.652. The van der Waals surface area contributed by atoms with Crippen molar-refractivity contribution in [3.63, 3.8) is 0 Å². The first-order valence-electron chi connectivity index (χ1n) is 10.9. The summed E-state index contributed by atoms with van der Waals surface area (Å²) >= 11 is 2.03. The second kappa shape index (κ2) is 8.26. The van der Waals surface area contributed by atoms with Crippen molar-refractivity contribution in [3.05, 3.63) is 35.9 Å². The second-order valence-electron chi connectivity index (χ2n) is 9.71. The first kappa shape index (κ1) is 21.8. The molecule has 1 aromatic carbocycles. The summed E-state index contributed by atoms with van der Waals surface area (Å²) in [6.45, 7) is 12.6. The number of carbonyl (C=O) groups excluding carboxylic acids is 1. The summed E-state index contributed by atoms with van der Waals surface area (Å²) < 4.78 is 5.65. The maximum Gasteiger partial charge on any atom is 0.308 e. The van der Waals surface area contributed by atoms with Crippen LogP contribution in [0.4, 0.5) is 0 Å². The van der Waals surface area contributed by atoms with Crippen LogP contribution in [0.2, 0.25) is 0 Å². The van der Waals surface area contributed by atoms with Crippen molar-refractivity contribution in [2.45, 2.75) is 82.6 Å². The number of ether oxygens (including phenoxy) is 1. The van der Waals surface area contributed by atoms with Gasteiger partial charge in [0.25, 0.3) is 0 Å². The van der Waals surface area contributed by atoms with Gasteiger partial charge < -0.3 is 4.74 Å². The predicted molar refractivity (Wildman–Crippen MR) is 122 cm³/mol. The molecule has 7 atom stereocenters. The lowest BCUT2D eigenvalue weighted by molar-refractivity contribution is -0.155. The van der Waals surface area contributed by atoms with Crippen LogP contribution in [-0.2, 0) is 9.53 Å². The maximum atomic E-state index is 12.8. The molecule has 3 aliphatic heterocycles. The van der Waals surface area contributed by atoms with E-state index in [-0.39, 0.29) is 30.8 Å². The van der Waals surface area contributed by atoms with Gasteiger partial charge in [-0.3, -0.25) is 14.7 Å². The first-order chi connectivity index (χ1) is 14.2. The summed E-state index contributed by atoms with van der Waals surface area (Å²) in [4.78, 5) is 20.5. The third-order valence-electron chi connectivity index (χ3n) is 6.32. The van der Waals surface area contributed by atoms with Gasteiger partial charge in [0.2, 0.25) is 0 Å². The molecule has 0 saturated carbocycles. The van der Waals surface area contributed by atoms with E-state index in [4.69, 9.17) is 9.73 Å². The lowest BCUT2D eigenvalue weighted by Crippen LogP contribution is -2.50. The van der Waals surface area contributed by atoms with Crippen LogP contribution in [0, 0.1) is 11.8 Å². The van der Waals surface area contributed by atoms with Crippen LogP contribution in [0.1, 0.15) is 53.5 Å².